The van der Waals surface area contributed by atoms with Crippen LogP contribution in [-0.4, -0.2) is 89.0 Å². The molecular formula is C31H56O10. The van der Waals surface area contributed by atoms with Gasteiger partial charge in [0, 0.05) is 13.3 Å². The van der Waals surface area contributed by atoms with E-state index in [2.05, 4.69) is 19.1 Å². The molecule has 6 unspecified atom stereocenters. The molecule has 0 aromatic rings. The second kappa shape index (κ2) is 23.9. The number of hydrogen-bond acceptors (Lipinski definition) is 10. The summed E-state index contributed by atoms with van der Waals surface area (Å²) in [6, 6.07) is 0. The van der Waals surface area contributed by atoms with E-state index in [4.69, 9.17) is 18.9 Å². The van der Waals surface area contributed by atoms with Crippen molar-refractivity contribution in [2.75, 3.05) is 19.8 Å². The number of aliphatic hydroxyl groups is 4. The molecule has 240 valence electrons. The summed E-state index contributed by atoms with van der Waals surface area (Å²) < 4.78 is 21.1. The van der Waals surface area contributed by atoms with Crippen LogP contribution in [0.5, 0.6) is 0 Å². The van der Waals surface area contributed by atoms with Crippen LogP contribution in [0.1, 0.15) is 117 Å². The Labute approximate surface area is 246 Å². The average molecular weight is 589 g/mol. The lowest BCUT2D eigenvalue weighted by Crippen LogP contribution is -2.59. The normalized spacial score (nSPS) is 23.5. The first-order chi connectivity index (χ1) is 19.8. The van der Waals surface area contributed by atoms with Crippen molar-refractivity contribution in [1.29, 1.82) is 0 Å². The number of carbonyl (C=O) groups is 2. The van der Waals surface area contributed by atoms with Gasteiger partial charge >= 0.3 is 11.9 Å². The number of hydrogen-bond donors (Lipinski definition) is 4. The lowest BCUT2D eigenvalue weighted by Gasteiger charge is -2.39. The summed E-state index contributed by atoms with van der Waals surface area (Å²) in [4.78, 5) is 23.6. The number of allylic oxidation sites excluding steroid dienone is 2. The van der Waals surface area contributed by atoms with Crippen molar-refractivity contribution in [3.05, 3.63) is 12.2 Å². The minimum atomic E-state index is -1.59. The van der Waals surface area contributed by atoms with Gasteiger partial charge in [0.15, 0.2) is 12.4 Å². The zero-order valence-electron chi connectivity index (χ0n) is 25.3. The zero-order chi connectivity index (χ0) is 30.3. The fourth-order valence-corrected chi connectivity index (χ4v) is 4.67. The minimum Gasteiger partial charge on any atom is -0.462 e. The summed E-state index contributed by atoms with van der Waals surface area (Å²) in [6.07, 6.45) is 14.6. The molecule has 1 heterocycles. The molecule has 1 rings (SSSR count). The van der Waals surface area contributed by atoms with Crippen LogP contribution in [0, 0.1) is 0 Å². The maximum absolute atomic E-state index is 12.4. The Bertz CT molecular complexity index is 698. The molecule has 0 amide bonds. The number of carbonyl (C=O) groups excluding carboxylic acids is 2. The van der Waals surface area contributed by atoms with Crippen LogP contribution in [0.4, 0.5) is 0 Å². The molecule has 10 nitrogen and oxygen atoms in total. The largest absolute Gasteiger partial charge is 0.462 e. The Morgan fingerprint density at radius 2 is 1.34 bits per heavy atom. The van der Waals surface area contributed by atoms with E-state index >= 15 is 0 Å². The predicted octanol–water partition coefficient (Wildman–Crippen LogP) is 4.10. The second-order valence-corrected chi connectivity index (χ2v) is 11.0. The first kappa shape index (κ1) is 37.5. The van der Waals surface area contributed by atoms with E-state index in [0.717, 1.165) is 25.7 Å². The van der Waals surface area contributed by atoms with Crippen molar-refractivity contribution in [2.45, 2.75) is 153 Å². The van der Waals surface area contributed by atoms with E-state index in [1.807, 2.05) is 0 Å². The van der Waals surface area contributed by atoms with Crippen LogP contribution in [0.2, 0.25) is 0 Å². The number of unbranched alkanes of at least 4 members (excludes halogenated alkanes) is 13. The monoisotopic (exact) mass is 588 g/mol. The number of ether oxygens (including phenoxy) is 4. The molecule has 0 aliphatic carbocycles. The van der Waals surface area contributed by atoms with Crippen molar-refractivity contribution >= 4 is 11.9 Å². The first-order valence-corrected chi connectivity index (χ1v) is 15.7. The summed E-state index contributed by atoms with van der Waals surface area (Å²) in [6.45, 7) is 2.36. The Kier molecular flexibility index (Phi) is 21.9. The van der Waals surface area contributed by atoms with Crippen molar-refractivity contribution in [1.82, 2.24) is 0 Å². The van der Waals surface area contributed by atoms with Gasteiger partial charge in [-0.25, -0.2) is 0 Å². The van der Waals surface area contributed by atoms with Gasteiger partial charge in [-0.05, 0) is 32.1 Å². The summed E-state index contributed by atoms with van der Waals surface area (Å²) in [7, 11) is 0. The molecule has 1 aliphatic heterocycles. The first-order valence-electron chi connectivity index (χ1n) is 15.7. The van der Waals surface area contributed by atoms with Crippen LogP contribution in [0.25, 0.3) is 0 Å². The van der Waals surface area contributed by atoms with E-state index < -0.39 is 55.4 Å². The van der Waals surface area contributed by atoms with Crippen LogP contribution in [0.15, 0.2) is 12.2 Å². The van der Waals surface area contributed by atoms with E-state index in [-0.39, 0.29) is 19.6 Å². The third-order valence-electron chi connectivity index (χ3n) is 7.21. The maximum atomic E-state index is 12.4. The van der Waals surface area contributed by atoms with Crippen molar-refractivity contribution < 1.29 is 49.0 Å². The van der Waals surface area contributed by atoms with Crippen molar-refractivity contribution in [3.8, 4) is 0 Å². The second-order valence-electron chi connectivity index (χ2n) is 11.0. The Balaban J connectivity index is 2.17. The van der Waals surface area contributed by atoms with Gasteiger partial charge in [-0.1, -0.05) is 83.3 Å². The Morgan fingerprint density at radius 3 is 1.90 bits per heavy atom. The molecule has 0 bridgehead atoms. The SMILES string of the molecule is CCCCCCCC/C=C\CCCCCCCCCC(=O)OC(COC(C)=O)COC1OC(CO)C(O)C(O)C1O. The fraction of sp³-hybridized carbons (Fsp3) is 0.871. The summed E-state index contributed by atoms with van der Waals surface area (Å²) in [5, 5.41) is 39.2. The van der Waals surface area contributed by atoms with Gasteiger partial charge < -0.3 is 39.4 Å². The lowest BCUT2D eigenvalue weighted by atomic mass is 9.99. The van der Waals surface area contributed by atoms with Gasteiger partial charge in [0.05, 0.1) is 13.2 Å². The highest BCUT2D eigenvalue weighted by Crippen LogP contribution is 2.22. The fourth-order valence-electron chi connectivity index (χ4n) is 4.67. The number of esters is 2. The molecule has 0 aromatic heterocycles. The topological polar surface area (TPSA) is 152 Å². The van der Waals surface area contributed by atoms with Crippen LogP contribution in [0.3, 0.4) is 0 Å². The van der Waals surface area contributed by atoms with Crippen molar-refractivity contribution in [2.24, 2.45) is 0 Å². The number of rotatable bonds is 24. The molecule has 10 heteroatoms. The minimum absolute atomic E-state index is 0.222. The average Bonchev–Trinajstić information content (AvgIpc) is 2.95. The van der Waals surface area contributed by atoms with E-state index in [0.29, 0.717) is 6.42 Å². The molecule has 6 atom stereocenters. The maximum Gasteiger partial charge on any atom is 0.306 e. The molecule has 1 aliphatic rings. The molecule has 0 saturated carbocycles. The summed E-state index contributed by atoms with van der Waals surface area (Å²) in [5.41, 5.74) is 0. The molecular weight excluding hydrogens is 532 g/mol. The molecule has 0 radical (unpaired) electrons. The Morgan fingerprint density at radius 1 is 0.780 bits per heavy atom. The highest BCUT2D eigenvalue weighted by molar-refractivity contribution is 5.69. The molecule has 41 heavy (non-hydrogen) atoms. The van der Waals surface area contributed by atoms with E-state index in [1.165, 1.54) is 71.1 Å². The molecule has 0 aromatic carbocycles. The van der Waals surface area contributed by atoms with Gasteiger partial charge in [-0.2, -0.15) is 0 Å². The standard InChI is InChI=1S/C31H56O10/c1-3-4-5-6-7-8-9-10-11-12-13-14-15-16-17-18-19-20-27(34)40-25(22-38-24(2)33)23-39-31-30(37)29(36)28(35)26(21-32)41-31/h10-11,25-26,28-32,35-37H,3-9,12-23H2,1-2H3/b11-10-. The summed E-state index contributed by atoms with van der Waals surface area (Å²) >= 11 is 0. The van der Waals surface area contributed by atoms with Crippen LogP contribution < -0.4 is 0 Å². The zero-order valence-corrected chi connectivity index (χ0v) is 25.3. The highest BCUT2D eigenvalue weighted by Gasteiger charge is 2.44. The van der Waals surface area contributed by atoms with Gasteiger partial charge in [0.2, 0.25) is 0 Å². The van der Waals surface area contributed by atoms with Crippen molar-refractivity contribution in [3.63, 3.8) is 0 Å². The van der Waals surface area contributed by atoms with Gasteiger partial charge in [0.25, 0.3) is 0 Å². The van der Waals surface area contributed by atoms with Gasteiger partial charge in [-0.15, -0.1) is 0 Å². The predicted molar refractivity (Wildman–Crippen MR) is 155 cm³/mol. The third kappa shape index (κ3) is 17.9. The Hall–Kier alpha value is -1.56. The molecule has 1 saturated heterocycles. The summed E-state index contributed by atoms with van der Waals surface area (Å²) in [5.74, 6) is -1.00. The number of aliphatic hydroxyl groups excluding tert-OH is 4. The molecule has 1 fully saturated rings. The smallest absolute Gasteiger partial charge is 0.306 e. The van der Waals surface area contributed by atoms with Crippen LogP contribution >= 0.6 is 0 Å². The highest BCUT2D eigenvalue weighted by atomic mass is 16.7. The lowest BCUT2D eigenvalue weighted by molar-refractivity contribution is -0.305. The molecule has 0 spiro atoms. The van der Waals surface area contributed by atoms with E-state index in [1.54, 1.807) is 0 Å². The van der Waals surface area contributed by atoms with Gasteiger partial charge in [0.1, 0.15) is 31.0 Å². The quantitative estimate of drug-likeness (QED) is 0.0737. The van der Waals surface area contributed by atoms with Gasteiger partial charge in [-0.3, -0.25) is 9.59 Å². The molecule has 4 N–H and O–H groups in total. The third-order valence-corrected chi connectivity index (χ3v) is 7.21. The van der Waals surface area contributed by atoms with E-state index in [9.17, 15) is 30.0 Å². The van der Waals surface area contributed by atoms with Crippen LogP contribution in [-0.2, 0) is 28.5 Å².